The van der Waals surface area contributed by atoms with E-state index in [1.54, 1.807) is 6.92 Å². The lowest BCUT2D eigenvalue weighted by atomic mass is 10.0. The third-order valence-electron chi connectivity index (χ3n) is 4.92. The lowest BCUT2D eigenvalue weighted by Crippen LogP contribution is -2.33. The van der Waals surface area contributed by atoms with Crippen molar-refractivity contribution in [3.63, 3.8) is 0 Å². The number of rotatable bonds is 16. The summed E-state index contributed by atoms with van der Waals surface area (Å²) in [5, 5.41) is 0. The number of benzene rings is 1. The first kappa shape index (κ1) is 25.2. The third-order valence-corrected chi connectivity index (χ3v) is 4.92. The molecule has 2 atom stereocenters. The first-order valence-electron chi connectivity index (χ1n) is 11.2. The van der Waals surface area contributed by atoms with Gasteiger partial charge in [-0.3, -0.25) is 9.59 Å². The molecule has 5 heteroatoms. The Balaban J connectivity index is 2.31. The molecule has 0 aliphatic heterocycles. The molecule has 0 saturated heterocycles. The molecule has 1 aromatic carbocycles. The molecule has 0 spiro atoms. The molecule has 0 saturated carbocycles. The second kappa shape index (κ2) is 16.0. The van der Waals surface area contributed by atoms with Gasteiger partial charge < -0.3 is 15.2 Å². The van der Waals surface area contributed by atoms with Gasteiger partial charge in [0, 0.05) is 0 Å². The molecule has 2 N–H and O–H groups in total. The summed E-state index contributed by atoms with van der Waals surface area (Å²) in [5.74, 6) is -0.825. The first-order valence-corrected chi connectivity index (χ1v) is 11.2. The normalized spacial score (nSPS) is 12.9. The van der Waals surface area contributed by atoms with Crippen molar-refractivity contribution in [2.75, 3.05) is 0 Å². The maximum atomic E-state index is 12.2. The molecule has 0 radical (unpaired) electrons. The van der Waals surface area contributed by atoms with Crippen LogP contribution in [0.4, 0.5) is 0 Å². The lowest BCUT2D eigenvalue weighted by Gasteiger charge is -2.18. The Labute approximate surface area is 176 Å². The van der Waals surface area contributed by atoms with Gasteiger partial charge in [-0.1, -0.05) is 88.6 Å². The van der Waals surface area contributed by atoms with Crippen molar-refractivity contribution in [3.8, 4) is 0 Å². The molecule has 5 nitrogen and oxygen atoms in total. The second-order valence-corrected chi connectivity index (χ2v) is 7.82. The number of unbranched alkanes of at least 4 members (excludes halogenated alkanes) is 8. The van der Waals surface area contributed by atoms with E-state index in [0.717, 1.165) is 18.4 Å². The predicted molar refractivity (Wildman–Crippen MR) is 116 cm³/mol. The van der Waals surface area contributed by atoms with Crippen LogP contribution in [0.2, 0.25) is 0 Å². The van der Waals surface area contributed by atoms with E-state index in [-0.39, 0.29) is 19.0 Å². The van der Waals surface area contributed by atoms with Crippen molar-refractivity contribution in [3.05, 3.63) is 35.9 Å². The number of hydrogen-bond donors (Lipinski definition) is 1. The molecule has 0 amide bonds. The Morgan fingerprint density at radius 2 is 1.52 bits per heavy atom. The minimum absolute atomic E-state index is 0.0717. The molecule has 1 unspecified atom stereocenters. The maximum Gasteiger partial charge on any atom is 0.322 e. The summed E-state index contributed by atoms with van der Waals surface area (Å²) >= 11 is 0. The highest BCUT2D eigenvalue weighted by molar-refractivity contribution is 5.76. The van der Waals surface area contributed by atoms with Gasteiger partial charge in [0.25, 0.3) is 0 Å². The van der Waals surface area contributed by atoms with Crippen LogP contribution in [0, 0.1) is 0 Å². The molecule has 0 heterocycles. The zero-order valence-electron chi connectivity index (χ0n) is 18.2. The van der Waals surface area contributed by atoms with Gasteiger partial charge in [-0.2, -0.15) is 0 Å². The van der Waals surface area contributed by atoms with Gasteiger partial charge in [-0.15, -0.1) is 0 Å². The Morgan fingerprint density at radius 1 is 0.931 bits per heavy atom. The number of esters is 2. The summed E-state index contributed by atoms with van der Waals surface area (Å²) in [4.78, 5) is 24.1. The van der Waals surface area contributed by atoms with Crippen LogP contribution in [0.5, 0.6) is 0 Å². The largest absolute Gasteiger partial charge is 0.461 e. The molecule has 0 aromatic heterocycles. The van der Waals surface area contributed by atoms with Crippen molar-refractivity contribution in [2.24, 2.45) is 5.73 Å². The highest BCUT2D eigenvalue weighted by Crippen LogP contribution is 2.15. The van der Waals surface area contributed by atoms with Gasteiger partial charge in [0.15, 0.2) is 0 Å². The van der Waals surface area contributed by atoms with Gasteiger partial charge in [-0.05, 0) is 25.3 Å². The molecule has 0 fully saturated rings. The Hall–Kier alpha value is -1.88. The van der Waals surface area contributed by atoms with E-state index in [0.29, 0.717) is 6.42 Å². The SMILES string of the molecule is CCCCCCCCCCCC(CC(=O)OCc1ccccc1)OC(=O)[C@H](C)N. The van der Waals surface area contributed by atoms with E-state index in [4.69, 9.17) is 15.2 Å². The maximum absolute atomic E-state index is 12.2. The Bertz CT molecular complexity index is 559. The molecule has 29 heavy (non-hydrogen) atoms. The van der Waals surface area contributed by atoms with Crippen LogP contribution in [0.25, 0.3) is 0 Å². The van der Waals surface area contributed by atoms with Gasteiger partial charge >= 0.3 is 11.9 Å². The third kappa shape index (κ3) is 13.1. The first-order chi connectivity index (χ1) is 14.0. The minimum atomic E-state index is -0.694. The number of carbonyl (C=O) groups excluding carboxylic acids is 2. The van der Waals surface area contributed by atoms with Crippen LogP contribution >= 0.6 is 0 Å². The van der Waals surface area contributed by atoms with Gasteiger partial charge in [0.05, 0.1) is 6.42 Å². The highest BCUT2D eigenvalue weighted by atomic mass is 16.6. The van der Waals surface area contributed by atoms with Crippen molar-refractivity contribution < 1.29 is 19.1 Å². The van der Waals surface area contributed by atoms with Crippen molar-refractivity contribution >= 4 is 11.9 Å². The fraction of sp³-hybridized carbons (Fsp3) is 0.667. The molecular formula is C24H39NO4. The van der Waals surface area contributed by atoms with Crippen molar-refractivity contribution in [1.82, 2.24) is 0 Å². The second-order valence-electron chi connectivity index (χ2n) is 7.82. The van der Waals surface area contributed by atoms with Crippen molar-refractivity contribution in [2.45, 2.75) is 103 Å². The summed E-state index contributed by atoms with van der Waals surface area (Å²) in [6.07, 6.45) is 11.2. The number of ether oxygens (including phenoxy) is 2. The molecule has 1 aromatic rings. The number of nitrogens with two attached hydrogens (primary N) is 1. The monoisotopic (exact) mass is 405 g/mol. The minimum Gasteiger partial charge on any atom is -0.461 e. The van der Waals surface area contributed by atoms with E-state index in [1.165, 1.54) is 44.9 Å². The molecule has 1 rings (SSSR count). The molecule has 164 valence electrons. The number of carbonyl (C=O) groups is 2. The summed E-state index contributed by atoms with van der Waals surface area (Å²) < 4.78 is 10.8. The molecule has 0 bridgehead atoms. The quantitative estimate of drug-likeness (QED) is 0.298. The Morgan fingerprint density at radius 3 is 2.10 bits per heavy atom. The fourth-order valence-corrected chi connectivity index (χ4v) is 3.14. The van der Waals surface area contributed by atoms with E-state index >= 15 is 0 Å². The van der Waals surface area contributed by atoms with Crippen LogP contribution in [-0.4, -0.2) is 24.1 Å². The topological polar surface area (TPSA) is 78.6 Å². The van der Waals surface area contributed by atoms with Crippen LogP contribution in [0.1, 0.15) is 90.0 Å². The summed E-state index contributed by atoms with van der Waals surface area (Å²) in [6, 6.07) is 8.84. The van der Waals surface area contributed by atoms with Crippen LogP contribution in [0.3, 0.4) is 0 Å². The smallest absolute Gasteiger partial charge is 0.322 e. The average molecular weight is 406 g/mol. The Kier molecular flexibility index (Phi) is 13.9. The van der Waals surface area contributed by atoms with Gasteiger partial charge in [0.2, 0.25) is 0 Å². The zero-order chi connectivity index (χ0) is 21.3. The van der Waals surface area contributed by atoms with Crippen LogP contribution < -0.4 is 5.73 Å². The van der Waals surface area contributed by atoms with E-state index < -0.39 is 18.1 Å². The van der Waals surface area contributed by atoms with Crippen LogP contribution in [-0.2, 0) is 25.7 Å². The molecule has 0 aliphatic carbocycles. The standard InChI is InChI=1S/C24H39NO4/c1-3-4-5-6-7-8-9-10-14-17-22(29-24(27)20(2)25)18-23(26)28-19-21-15-12-11-13-16-21/h11-13,15-16,20,22H,3-10,14,17-19,25H2,1-2H3/t20-,22?/m0/s1. The molecule has 0 aliphatic rings. The van der Waals surface area contributed by atoms with Crippen molar-refractivity contribution in [1.29, 1.82) is 0 Å². The average Bonchev–Trinajstić information content (AvgIpc) is 2.71. The van der Waals surface area contributed by atoms with Gasteiger partial charge in [-0.25, -0.2) is 0 Å². The zero-order valence-corrected chi connectivity index (χ0v) is 18.2. The summed E-state index contributed by atoms with van der Waals surface area (Å²) in [6.45, 7) is 4.05. The van der Waals surface area contributed by atoms with Gasteiger partial charge in [0.1, 0.15) is 18.8 Å². The highest BCUT2D eigenvalue weighted by Gasteiger charge is 2.21. The fourth-order valence-electron chi connectivity index (χ4n) is 3.14. The van der Waals surface area contributed by atoms with Crippen LogP contribution in [0.15, 0.2) is 30.3 Å². The van der Waals surface area contributed by atoms with E-state index in [1.807, 2.05) is 30.3 Å². The molecular weight excluding hydrogens is 366 g/mol. The summed E-state index contributed by atoms with van der Waals surface area (Å²) in [7, 11) is 0. The van der Waals surface area contributed by atoms with E-state index in [9.17, 15) is 9.59 Å². The van der Waals surface area contributed by atoms with E-state index in [2.05, 4.69) is 6.92 Å². The lowest BCUT2D eigenvalue weighted by molar-refractivity contribution is -0.156. The predicted octanol–water partition coefficient (Wildman–Crippen LogP) is 5.30. The summed E-state index contributed by atoms with van der Waals surface area (Å²) in [5.41, 5.74) is 6.54. The number of hydrogen-bond acceptors (Lipinski definition) is 5.